The molecule has 0 fully saturated rings. The molecule has 1 rings (SSSR count). The van der Waals surface area contributed by atoms with E-state index in [-0.39, 0.29) is 17.5 Å². The molecule has 1 aromatic heterocycles. The Morgan fingerprint density at radius 3 is 2.89 bits per heavy atom. The summed E-state index contributed by atoms with van der Waals surface area (Å²) in [4.78, 5) is 0. The lowest BCUT2D eigenvalue weighted by Gasteiger charge is -2.11. The van der Waals surface area contributed by atoms with Crippen LogP contribution < -0.4 is 5.32 Å². The summed E-state index contributed by atoms with van der Waals surface area (Å²) in [6, 6.07) is 3.74. The summed E-state index contributed by atoms with van der Waals surface area (Å²) < 4.78 is 42.7. The number of thioether (sulfide) groups is 1. The highest BCUT2D eigenvalue weighted by Crippen LogP contribution is 2.30. The van der Waals surface area contributed by atoms with Gasteiger partial charge in [0.15, 0.2) is 0 Å². The number of nitrogens with zero attached hydrogens (tertiary/aromatic N) is 1. The molecule has 0 saturated carbocycles. The second kappa shape index (κ2) is 7.70. The van der Waals surface area contributed by atoms with Crippen LogP contribution in [-0.4, -0.2) is 36.1 Å². The molecule has 0 aliphatic heterocycles. The fourth-order valence-corrected chi connectivity index (χ4v) is 2.00. The first-order valence-corrected chi connectivity index (χ1v) is 6.56. The molecule has 7 heteroatoms. The van der Waals surface area contributed by atoms with Gasteiger partial charge in [0.25, 0.3) is 0 Å². The van der Waals surface area contributed by atoms with E-state index >= 15 is 0 Å². The lowest BCUT2D eigenvalue weighted by molar-refractivity contribution is -0.0328. The second-order valence-electron chi connectivity index (χ2n) is 3.66. The number of methoxy groups -OCH3 is 1. The van der Waals surface area contributed by atoms with Crippen molar-refractivity contribution in [2.24, 2.45) is 0 Å². The van der Waals surface area contributed by atoms with Crippen LogP contribution in [0, 0.1) is 0 Å². The molecule has 0 spiro atoms. The number of alkyl halides is 3. The van der Waals surface area contributed by atoms with Crippen molar-refractivity contribution < 1.29 is 17.9 Å². The van der Waals surface area contributed by atoms with Crippen molar-refractivity contribution in [3.8, 4) is 0 Å². The maximum absolute atomic E-state index is 12.0. The lowest BCUT2D eigenvalue weighted by Crippen LogP contribution is -2.20. The van der Waals surface area contributed by atoms with Crippen molar-refractivity contribution in [2.45, 2.75) is 18.6 Å². The van der Waals surface area contributed by atoms with E-state index in [1.165, 1.54) is 0 Å². The van der Waals surface area contributed by atoms with Crippen molar-refractivity contribution in [1.82, 2.24) is 9.88 Å². The van der Waals surface area contributed by atoms with Gasteiger partial charge in [0.2, 0.25) is 0 Å². The highest BCUT2D eigenvalue weighted by molar-refractivity contribution is 8.00. The van der Waals surface area contributed by atoms with E-state index in [9.17, 15) is 13.2 Å². The first-order chi connectivity index (χ1) is 8.53. The molecule has 1 N–H and O–H groups in total. The molecule has 104 valence electrons. The Bertz CT molecular complexity index is 341. The van der Waals surface area contributed by atoms with Gasteiger partial charge in [0, 0.05) is 44.4 Å². The molecule has 0 amide bonds. The van der Waals surface area contributed by atoms with Crippen LogP contribution in [0.15, 0.2) is 18.3 Å². The molecule has 0 bridgehead atoms. The zero-order valence-electron chi connectivity index (χ0n) is 10.2. The van der Waals surface area contributed by atoms with Crippen LogP contribution >= 0.6 is 11.8 Å². The molecule has 0 aromatic carbocycles. The van der Waals surface area contributed by atoms with Gasteiger partial charge in [-0.05, 0) is 23.9 Å². The molecule has 18 heavy (non-hydrogen) atoms. The van der Waals surface area contributed by atoms with Crippen LogP contribution in [0.25, 0.3) is 0 Å². The number of ether oxygens (including phenoxy) is 1. The number of hydrogen-bond acceptors (Lipinski definition) is 3. The normalized spacial score (nSPS) is 12.0. The summed E-state index contributed by atoms with van der Waals surface area (Å²) in [7, 11) is 1.62. The van der Waals surface area contributed by atoms with Gasteiger partial charge in [-0.3, -0.25) is 0 Å². The molecular weight excluding hydrogens is 265 g/mol. The zero-order valence-corrected chi connectivity index (χ0v) is 11.0. The maximum Gasteiger partial charge on any atom is 0.441 e. The summed E-state index contributed by atoms with van der Waals surface area (Å²) in [5.74, 6) is 0.0310. The summed E-state index contributed by atoms with van der Waals surface area (Å²) in [6.45, 7) is 2.33. The third-order valence-electron chi connectivity index (χ3n) is 2.31. The monoisotopic (exact) mass is 282 g/mol. The van der Waals surface area contributed by atoms with Crippen molar-refractivity contribution in [3.63, 3.8) is 0 Å². The molecule has 3 nitrogen and oxygen atoms in total. The third-order valence-corrected chi connectivity index (χ3v) is 3.02. The maximum atomic E-state index is 12.0. The minimum Gasteiger partial charge on any atom is -0.383 e. The fraction of sp³-hybridized carbons (Fsp3) is 0.636. The first-order valence-electron chi connectivity index (χ1n) is 5.57. The average molecular weight is 282 g/mol. The van der Waals surface area contributed by atoms with Crippen LogP contribution in [0.2, 0.25) is 0 Å². The standard InChI is InChI=1S/C11H17F3N2OS/c1-17-7-4-15-9-10-3-2-5-16(10)6-8-18-11(12,13)14/h2-3,5,15H,4,6-9H2,1H3. The average Bonchev–Trinajstić information content (AvgIpc) is 2.71. The number of aromatic nitrogens is 1. The Morgan fingerprint density at radius 1 is 1.44 bits per heavy atom. The van der Waals surface area contributed by atoms with E-state index in [1.54, 1.807) is 13.3 Å². The van der Waals surface area contributed by atoms with Gasteiger partial charge in [-0.25, -0.2) is 0 Å². The highest BCUT2D eigenvalue weighted by atomic mass is 32.2. The fourth-order valence-electron chi connectivity index (χ4n) is 1.48. The summed E-state index contributed by atoms with van der Waals surface area (Å²) in [6.07, 6.45) is 1.80. The van der Waals surface area contributed by atoms with Crippen molar-refractivity contribution in [1.29, 1.82) is 0 Å². The van der Waals surface area contributed by atoms with Crippen LogP contribution in [0.1, 0.15) is 5.69 Å². The largest absolute Gasteiger partial charge is 0.441 e. The smallest absolute Gasteiger partial charge is 0.383 e. The topological polar surface area (TPSA) is 26.2 Å². The first kappa shape index (κ1) is 15.4. The van der Waals surface area contributed by atoms with Gasteiger partial charge in [-0.1, -0.05) is 0 Å². The lowest BCUT2D eigenvalue weighted by atomic mass is 10.4. The Labute approximate surface area is 109 Å². The summed E-state index contributed by atoms with van der Waals surface area (Å²) in [5.41, 5.74) is -3.17. The Balaban J connectivity index is 2.31. The molecule has 0 unspecified atom stereocenters. The van der Waals surface area contributed by atoms with Gasteiger partial charge in [0.05, 0.1) is 6.61 Å². The van der Waals surface area contributed by atoms with E-state index in [2.05, 4.69) is 5.32 Å². The van der Waals surface area contributed by atoms with Crippen LogP contribution in [0.5, 0.6) is 0 Å². The van der Waals surface area contributed by atoms with E-state index in [1.807, 2.05) is 16.7 Å². The minimum absolute atomic E-state index is 0.0112. The van der Waals surface area contributed by atoms with E-state index in [4.69, 9.17) is 4.74 Å². The molecule has 0 radical (unpaired) electrons. The molecule has 0 atom stereocenters. The Hall–Kier alpha value is -0.660. The molecule has 0 aliphatic carbocycles. The SMILES string of the molecule is COCCNCc1cccn1CCSC(F)(F)F. The van der Waals surface area contributed by atoms with Crippen LogP contribution in [0.4, 0.5) is 13.2 Å². The number of nitrogens with one attached hydrogen (secondary N) is 1. The van der Waals surface area contributed by atoms with E-state index < -0.39 is 5.51 Å². The van der Waals surface area contributed by atoms with Crippen LogP contribution in [0.3, 0.4) is 0 Å². The second-order valence-corrected chi connectivity index (χ2v) is 4.82. The third kappa shape index (κ3) is 6.32. The number of rotatable bonds is 8. The van der Waals surface area contributed by atoms with Crippen molar-refractivity contribution in [2.75, 3.05) is 26.0 Å². The Kier molecular flexibility index (Phi) is 6.59. The van der Waals surface area contributed by atoms with E-state index in [0.29, 0.717) is 19.7 Å². The van der Waals surface area contributed by atoms with Gasteiger partial charge in [-0.2, -0.15) is 13.2 Å². The quantitative estimate of drug-likeness (QED) is 0.742. The van der Waals surface area contributed by atoms with Crippen molar-refractivity contribution in [3.05, 3.63) is 24.0 Å². The summed E-state index contributed by atoms with van der Waals surface area (Å²) in [5, 5.41) is 3.16. The highest BCUT2D eigenvalue weighted by Gasteiger charge is 2.27. The van der Waals surface area contributed by atoms with Gasteiger partial charge >= 0.3 is 5.51 Å². The van der Waals surface area contributed by atoms with Gasteiger partial charge in [-0.15, -0.1) is 0 Å². The molecular formula is C11H17F3N2OS. The molecule has 1 heterocycles. The molecule has 0 aliphatic rings. The number of hydrogen-bond donors (Lipinski definition) is 1. The van der Waals surface area contributed by atoms with Crippen molar-refractivity contribution >= 4 is 11.8 Å². The molecule has 0 saturated heterocycles. The van der Waals surface area contributed by atoms with Gasteiger partial charge < -0.3 is 14.6 Å². The predicted molar refractivity (Wildman–Crippen MR) is 66.5 cm³/mol. The summed E-state index contributed by atoms with van der Waals surface area (Å²) >= 11 is 0.0112. The van der Waals surface area contributed by atoms with Crippen LogP contribution in [-0.2, 0) is 17.8 Å². The minimum atomic E-state index is -4.15. The van der Waals surface area contributed by atoms with E-state index in [0.717, 1.165) is 12.2 Å². The molecule has 1 aromatic rings. The van der Waals surface area contributed by atoms with Gasteiger partial charge in [0.1, 0.15) is 0 Å². The number of halogens is 3. The zero-order chi connectivity index (χ0) is 13.4. The Morgan fingerprint density at radius 2 is 2.22 bits per heavy atom. The number of aryl methyl sites for hydroxylation is 1. The predicted octanol–water partition coefficient (Wildman–Crippen LogP) is 2.48.